The van der Waals surface area contributed by atoms with E-state index in [0.29, 0.717) is 6.10 Å². The summed E-state index contributed by atoms with van der Waals surface area (Å²) in [4.78, 5) is 2.56. The van der Waals surface area contributed by atoms with Gasteiger partial charge in [-0.2, -0.15) is 0 Å². The molecular formula is C20H31NO3. The minimum atomic E-state index is 0.193. The van der Waals surface area contributed by atoms with Crippen molar-refractivity contribution in [1.29, 1.82) is 0 Å². The summed E-state index contributed by atoms with van der Waals surface area (Å²) in [5, 5.41) is 0. The van der Waals surface area contributed by atoms with Crippen LogP contribution in [0.3, 0.4) is 0 Å². The predicted molar refractivity (Wildman–Crippen MR) is 92.8 cm³/mol. The summed E-state index contributed by atoms with van der Waals surface area (Å²) in [7, 11) is 0. The maximum Gasteiger partial charge on any atom is 0.0947 e. The lowest BCUT2D eigenvalue weighted by molar-refractivity contribution is -0.155. The van der Waals surface area contributed by atoms with Crippen LogP contribution in [0.5, 0.6) is 0 Å². The number of rotatable bonds is 6. The molecule has 0 radical (unpaired) electrons. The number of nitrogens with zero attached hydrogens (tertiary/aromatic N) is 1. The van der Waals surface area contributed by atoms with Crippen LogP contribution >= 0.6 is 0 Å². The van der Waals surface area contributed by atoms with Crippen LogP contribution in [-0.2, 0) is 16.0 Å². The summed E-state index contributed by atoms with van der Waals surface area (Å²) in [5.74, 6) is 0.801. The van der Waals surface area contributed by atoms with Crippen LogP contribution in [0.15, 0.2) is 23.0 Å². The summed E-state index contributed by atoms with van der Waals surface area (Å²) < 4.78 is 17.7. The second-order valence-corrected chi connectivity index (χ2v) is 8.12. The van der Waals surface area contributed by atoms with Crippen LogP contribution in [0.1, 0.15) is 50.5 Å². The molecule has 0 amide bonds. The minimum absolute atomic E-state index is 0.193. The Balaban J connectivity index is 1.37. The van der Waals surface area contributed by atoms with Crippen molar-refractivity contribution in [3.05, 3.63) is 24.2 Å². The topological polar surface area (TPSA) is 34.8 Å². The largest absolute Gasteiger partial charge is 0.472 e. The van der Waals surface area contributed by atoms with Gasteiger partial charge in [0, 0.05) is 43.8 Å². The van der Waals surface area contributed by atoms with Crippen molar-refractivity contribution in [2.24, 2.45) is 11.3 Å². The van der Waals surface area contributed by atoms with Crippen molar-refractivity contribution < 1.29 is 13.9 Å². The van der Waals surface area contributed by atoms with Crippen molar-refractivity contribution in [3.8, 4) is 0 Å². The van der Waals surface area contributed by atoms with Crippen LogP contribution in [0.4, 0.5) is 0 Å². The van der Waals surface area contributed by atoms with Gasteiger partial charge in [0.1, 0.15) is 0 Å². The van der Waals surface area contributed by atoms with Crippen molar-refractivity contribution in [3.63, 3.8) is 0 Å². The molecule has 3 heterocycles. The summed E-state index contributed by atoms with van der Waals surface area (Å²) in [6.07, 6.45) is 13.1. The Kier molecular flexibility index (Phi) is 5.25. The maximum absolute atomic E-state index is 6.28. The van der Waals surface area contributed by atoms with Gasteiger partial charge in [0.2, 0.25) is 0 Å². The molecule has 0 spiro atoms. The zero-order valence-corrected chi connectivity index (χ0v) is 14.8. The number of ether oxygens (including phenoxy) is 2. The van der Waals surface area contributed by atoms with E-state index in [1.54, 1.807) is 6.26 Å². The monoisotopic (exact) mass is 333 g/mol. The Morgan fingerprint density at radius 1 is 1.21 bits per heavy atom. The fourth-order valence-electron chi connectivity index (χ4n) is 4.97. The predicted octanol–water partition coefficient (Wildman–Crippen LogP) is 3.86. The molecule has 4 rings (SSSR count). The molecule has 4 heteroatoms. The van der Waals surface area contributed by atoms with Gasteiger partial charge in [-0.1, -0.05) is 12.8 Å². The van der Waals surface area contributed by atoms with Crippen molar-refractivity contribution >= 4 is 0 Å². The van der Waals surface area contributed by atoms with Gasteiger partial charge in [0.15, 0.2) is 0 Å². The molecule has 1 aromatic heterocycles. The summed E-state index contributed by atoms with van der Waals surface area (Å²) in [6, 6.07) is 2.08. The molecule has 1 aromatic rings. The fraction of sp³-hybridized carbons (Fsp3) is 0.800. The fourth-order valence-corrected chi connectivity index (χ4v) is 4.97. The number of hydrogen-bond acceptors (Lipinski definition) is 4. The van der Waals surface area contributed by atoms with Gasteiger partial charge in [-0.3, -0.25) is 4.90 Å². The Bertz CT molecular complexity index is 497. The minimum Gasteiger partial charge on any atom is -0.472 e. The third-order valence-corrected chi connectivity index (χ3v) is 6.27. The van der Waals surface area contributed by atoms with E-state index in [2.05, 4.69) is 11.0 Å². The van der Waals surface area contributed by atoms with Gasteiger partial charge in [-0.05, 0) is 44.1 Å². The van der Waals surface area contributed by atoms with Crippen LogP contribution < -0.4 is 0 Å². The van der Waals surface area contributed by atoms with Gasteiger partial charge in [-0.15, -0.1) is 0 Å². The first kappa shape index (κ1) is 16.6. The smallest absolute Gasteiger partial charge is 0.0947 e. The molecule has 2 atom stereocenters. The zero-order chi connectivity index (χ0) is 16.2. The third-order valence-electron chi connectivity index (χ3n) is 6.27. The zero-order valence-electron chi connectivity index (χ0n) is 14.8. The summed E-state index contributed by atoms with van der Waals surface area (Å²) in [5.41, 5.74) is 1.46. The number of piperidine rings is 1. The first-order valence-electron chi connectivity index (χ1n) is 9.77. The van der Waals surface area contributed by atoms with Crippen molar-refractivity contribution in [2.45, 2.75) is 57.6 Å². The Morgan fingerprint density at radius 3 is 2.96 bits per heavy atom. The Hall–Kier alpha value is -0.840. The average molecular weight is 333 g/mol. The summed E-state index contributed by atoms with van der Waals surface area (Å²) >= 11 is 0. The molecule has 0 aromatic carbocycles. The van der Waals surface area contributed by atoms with Crippen LogP contribution in [0, 0.1) is 11.3 Å². The SMILES string of the molecule is c1cc(CN2CC[C@@H]3OCCC[C@@]3(COCC3CCCC3)C2)co1. The van der Waals surface area contributed by atoms with E-state index in [4.69, 9.17) is 13.9 Å². The van der Waals surface area contributed by atoms with Gasteiger partial charge in [0.25, 0.3) is 0 Å². The second kappa shape index (κ2) is 7.59. The molecule has 3 fully saturated rings. The van der Waals surface area contributed by atoms with Crippen molar-refractivity contribution in [2.75, 3.05) is 32.9 Å². The standard InChI is InChI=1S/C20H31NO3/c1-2-5-17(4-1)13-23-16-20-8-3-10-24-19(20)6-9-21(15-20)12-18-7-11-22-14-18/h7,11,14,17,19H,1-6,8-10,12-13,15-16H2/t19-,20-/m0/s1. The van der Waals surface area contributed by atoms with E-state index in [9.17, 15) is 0 Å². The highest BCUT2D eigenvalue weighted by atomic mass is 16.5. The van der Waals surface area contributed by atoms with E-state index >= 15 is 0 Å². The first-order valence-corrected chi connectivity index (χ1v) is 9.77. The quantitative estimate of drug-likeness (QED) is 0.792. The molecule has 3 aliphatic rings. The first-order chi connectivity index (χ1) is 11.8. The highest BCUT2D eigenvalue weighted by Crippen LogP contribution is 2.41. The lowest BCUT2D eigenvalue weighted by Crippen LogP contribution is -2.56. The van der Waals surface area contributed by atoms with Crippen LogP contribution in [0.25, 0.3) is 0 Å². The van der Waals surface area contributed by atoms with E-state index in [1.807, 2.05) is 6.26 Å². The summed E-state index contributed by atoms with van der Waals surface area (Å²) in [6.45, 7) is 5.93. The maximum atomic E-state index is 6.28. The van der Waals surface area contributed by atoms with Crippen LogP contribution in [0.2, 0.25) is 0 Å². The number of hydrogen-bond donors (Lipinski definition) is 0. The molecule has 134 valence electrons. The number of fused-ring (bicyclic) bond motifs is 1. The Labute approximate surface area is 145 Å². The van der Waals surface area contributed by atoms with E-state index in [-0.39, 0.29) is 5.41 Å². The molecule has 2 saturated heterocycles. The van der Waals surface area contributed by atoms with Crippen molar-refractivity contribution in [1.82, 2.24) is 4.90 Å². The Morgan fingerprint density at radius 2 is 2.12 bits per heavy atom. The van der Waals surface area contributed by atoms with E-state index in [0.717, 1.165) is 51.8 Å². The normalized spacial score (nSPS) is 32.1. The molecule has 1 saturated carbocycles. The second-order valence-electron chi connectivity index (χ2n) is 8.12. The van der Waals surface area contributed by atoms with Gasteiger partial charge in [-0.25, -0.2) is 0 Å². The van der Waals surface area contributed by atoms with Crippen LogP contribution in [-0.4, -0.2) is 43.9 Å². The highest BCUT2D eigenvalue weighted by molar-refractivity contribution is 5.06. The molecule has 2 aliphatic heterocycles. The third kappa shape index (κ3) is 3.71. The molecular weight excluding hydrogens is 302 g/mol. The molecule has 0 bridgehead atoms. The molecule has 0 N–H and O–H groups in total. The highest BCUT2D eigenvalue weighted by Gasteiger charge is 2.46. The van der Waals surface area contributed by atoms with E-state index < -0.39 is 0 Å². The number of likely N-dealkylation sites (tertiary alicyclic amines) is 1. The van der Waals surface area contributed by atoms with E-state index in [1.165, 1.54) is 44.1 Å². The average Bonchev–Trinajstić information content (AvgIpc) is 3.28. The lowest BCUT2D eigenvalue weighted by atomic mass is 9.73. The molecule has 4 nitrogen and oxygen atoms in total. The van der Waals surface area contributed by atoms with Gasteiger partial charge in [0.05, 0.1) is 25.2 Å². The molecule has 1 aliphatic carbocycles. The van der Waals surface area contributed by atoms with Gasteiger partial charge < -0.3 is 13.9 Å². The van der Waals surface area contributed by atoms with Gasteiger partial charge >= 0.3 is 0 Å². The number of furan rings is 1. The molecule has 0 unspecified atom stereocenters. The molecule has 24 heavy (non-hydrogen) atoms. The lowest BCUT2D eigenvalue weighted by Gasteiger charge is -2.50.